The lowest BCUT2D eigenvalue weighted by Gasteiger charge is -2.15. The molecule has 0 amide bonds. The van der Waals surface area contributed by atoms with Gasteiger partial charge in [-0.15, -0.1) is 0 Å². The summed E-state index contributed by atoms with van der Waals surface area (Å²) in [6, 6.07) is 4.68. The number of pyridine rings is 1. The number of rotatable bonds is 7. The Labute approximate surface area is 105 Å². The van der Waals surface area contributed by atoms with Crippen molar-refractivity contribution in [3.8, 4) is 0 Å². The van der Waals surface area contributed by atoms with Crippen molar-refractivity contribution in [2.45, 2.75) is 40.3 Å². The van der Waals surface area contributed by atoms with Crippen molar-refractivity contribution in [3.05, 3.63) is 29.6 Å². The van der Waals surface area contributed by atoms with E-state index in [2.05, 4.69) is 48.5 Å². The molecular weight excluding hydrogens is 210 g/mol. The summed E-state index contributed by atoms with van der Waals surface area (Å²) in [5, 5.41) is 6.97. The normalized spacial score (nSPS) is 13.0. The van der Waals surface area contributed by atoms with E-state index in [0.717, 1.165) is 25.3 Å². The summed E-state index contributed by atoms with van der Waals surface area (Å²) in [7, 11) is 0. The zero-order valence-corrected chi connectivity index (χ0v) is 11.5. The Balaban J connectivity index is 2.21. The molecule has 96 valence electrons. The van der Waals surface area contributed by atoms with Gasteiger partial charge in [-0.25, -0.2) is 0 Å². The second-order valence-corrected chi connectivity index (χ2v) is 5.14. The first-order valence-electron chi connectivity index (χ1n) is 6.43. The van der Waals surface area contributed by atoms with Crippen LogP contribution in [-0.4, -0.2) is 24.1 Å². The third-order valence-corrected chi connectivity index (χ3v) is 2.62. The SMILES string of the molecule is Cc1cc(CNC(C)CNCC(C)C)ccn1. The highest BCUT2D eigenvalue weighted by Crippen LogP contribution is 2.00. The lowest BCUT2D eigenvalue weighted by molar-refractivity contribution is 0.472. The third-order valence-electron chi connectivity index (χ3n) is 2.62. The molecule has 1 unspecified atom stereocenters. The van der Waals surface area contributed by atoms with Gasteiger partial charge in [-0.1, -0.05) is 13.8 Å². The predicted octanol–water partition coefficient (Wildman–Crippen LogP) is 2.11. The van der Waals surface area contributed by atoms with Crippen molar-refractivity contribution in [1.82, 2.24) is 15.6 Å². The molecule has 0 radical (unpaired) electrons. The molecule has 0 aliphatic rings. The van der Waals surface area contributed by atoms with Crippen molar-refractivity contribution in [3.63, 3.8) is 0 Å². The van der Waals surface area contributed by atoms with Gasteiger partial charge in [-0.3, -0.25) is 4.98 Å². The molecular formula is C14H25N3. The third kappa shape index (κ3) is 6.39. The van der Waals surface area contributed by atoms with E-state index in [9.17, 15) is 0 Å². The monoisotopic (exact) mass is 235 g/mol. The Bertz CT molecular complexity index is 323. The van der Waals surface area contributed by atoms with Gasteiger partial charge in [-0.2, -0.15) is 0 Å². The van der Waals surface area contributed by atoms with Gasteiger partial charge in [0.25, 0.3) is 0 Å². The first-order valence-corrected chi connectivity index (χ1v) is 6.43. The van der Waals surface area contributed by atoms with Crippen LogP contribution in [0.3, 0.4) is 0 Å². The highest BCUT2D eigenvalue weighted by Gasteiger charge is 2.02. The Morgan fingerprint density at radius 3 is 2.65 bits per heavy atom. The van der Waals surface area contributed by atoms with E-state index >= 15 is 0 Å². The van der Waals surface area contributed by atoms with Crippen molar-refractivity contribution in [2.24, 2.45) is 5.92 Å². The number of nitrogens with zero attached hydrogens (tertiary/aromatic N) is 1. The Kier molecular flexibility index (Phi) is 6.16. The molecule has 0 spiro atoms. The summed E-state index contributed by atoms with van der Waals surface area (Å²) in [6.45, 7) is 11.7. The van der Waals surface area contributed by atoms with Crippen molar-refractivity contribution in [1.29, 1.82) is 0 Å². The van der Waals surface area contributed by atoms with E-state index < -0.39 is 0 Å². The summed E-state index contributed by atoms with van der Waals surface area (Å²) in [5.41, 5.74) is 2.38. The minimum absolute atomic E-state index is 0.488. The molecule has 1 heterocycles. The van der Waals surface area contributed by atoms with E-state index in [4.69, 9.17) is 0 Å². The predicted molar refractivity (Wildman–Crippen MR) is 73.0 cm³/mol. The lowest BCUT2D eigenvalue weighted by atomic mass is 10.2. The fraction of sp³-hybridized carbons (Fsp3) is 0.643. The van der Waals surface area contributed by atoms with Crippen molar-refractivity contribution < 1.29 is 0 Å². The molecule has 0 aliphatic heterocycles. The van der Waals surface area contributed by atoms with Gasteiger partial charge in [0.05, 0.1) is 0 Å². The maximum Gasteiger partial charge on any atom is 0.0375 e. The van der Waals surface area contributed by atoms with Crippen LogP contribution in [0.25, 0.3) is 0 Å². The number of aromatic nitrogens is 1. The summed E-state index contributed by atoms with van der Waals surface area (Å²) in [5.74, 6) is 0.713. The fourth-order valence-corrected chi connectivity index (χ4v) is 1.67. The van der Waals surface area contributed by atoms with Crippen LogP contribution < -0.4 is 10.6 Å². The molecule has 0 aliphatic carbocycles. The number of hydrogen-bond donors (Lipinski definition) is 2. The van der Waals surface area contributed by atoms with Gasteiger partial charge in [0.2, 0.25) is 0 Å². The Morgan fingerprint density at radius 2 is 2.00 bits per heavy atom. The van der Waals surface area contributed by atoms with Gasteiger partial charge in [0, 0.05) is 31.0 Å². The second kappa shape index (κ2) is 7.41. The Morgan fingerprint density at radius 1 is 1.24 bits per heavy atom. The van der Waals surface area contributed by atoms with Crippen LogP contribution in [-0.2, 0) is 6.54 Å². The molecule has 0 fully saturated rings. The van der Waals surface area contributed by atoms with Crippen LogP contribution in [0.2, 0.25) is 0 Å². The van der Waals surface area contributed by atoms with Gasteiger partial charge < -0.3 is 10.6 Å². The molecule has 0 saturated heterocycles. The molecule has 0 aromatic carbocycles. The van der Waals surface area contributed by atoms with Crippen LogP contribution >= 0.6 is 0 Å². The summed E-state index contributed by atoms with van der Waals surface area (Å²) >= 11 is 0. The molecule has 1 atom stereocenters. The van der Waals surface area contributed by atoms with E-state index in [1.807, 2.05) is 13.1 Å². The molecule has 3 heteroatoms. The smallest absolute Gasteiger partial charge is 0.0375 e. The topological polar surface area (TPSA) is 37.0 Å². The molecule has 2 N–H and O–H groups in total. The first-order chi connectivity index (χ1) is 8.08. The maximum absolute atomic E-state index is 4.20. The van der Waals surface area contributed by atoms with Gasteiger partial charge in [0.1, 0.15) is 0 Å². The molecule has 0 bridgehead atoms. The van der Waals surface area contributed by atoms with E-state index in [1.54, 1.807) is 0 Å². The zero-order valence-electron chi connectivity index (χ0n) is 11.5. The molecule has 3 nitrogen and oxygen atoms in total. The van der Waals surface area contributed by atoms with Gasteiger partial charge in [-0.05, 0) is 44.0 Å². The molecule has 17 heavy (non-hydrogen) atoms. The summed E-state index contributed by atoms with van der Waals surface area (Å²) in [4.78, 5) is 4.20. The van der Waals surface area contributed by atoms with E-state index in [0.29, 0.717) is 12.0 Å². The second-order valence-electron chi connectivity index (χ2n) is 5.14. The highest BCUT2D eigenvalue weighted by atomic mass is 15.0. The minimum Gasteiger partial charge on any atom is -0.315 e. The maximum atomic E-state index is 4.20. The van der Waals surface area contributed by atoms with Crippen LogP contribution in [0.1, 0.15) is 32.0 Å². The van der Waals surface area contributed by atoms with E-state index in [1.165, 1.54) is 5.56 Å². The van der Waals surface area contributed by atoms with E-state index in [-0.39, 0.29) is 0 Å². The summed E-state index contributed by atoms with van der Waals surface area (Å²) < 4.78 is 0. The van der Waals surface area contributed by atoms with Crippen LogP contribution in [0.15, 0.2) is 18.3 Å². The average molecular weight is 235 g/mol. The molecule has 1 aromatic rings. The van der Waals surface area contributed by atoms with Gasteiger partial charge >= 0.3 is 0 Å². The Hall–Kier alpha value is -0.930. The largest absolute Gasteiger partial charge is 0.315 e. The van der Waals surface area contributed by atoms with Crippen LogP contribution in [0.5, 0.6) is 0 Å². The summed E-state index contributed by atoms with van der Waals surface area (Å²) in [6.07, 6.45) is 1.87. The van der Waals surface area contributed by atoms with Gasteiger partial charge in [0.15, 0.2) is 0 Å². The van der Waals surface area contributed by atoms with Crippen molar-refractivity contribution in [2.75, 3.05) is 13.1 Å². The van der Waals surface area contributed by atoms with Crippen LogP contribution in [0, 0.1) is 12.8 Å². The average Bonchev–Trinajstić information content (AvgIpc) is 2.26. The fourth-order valence-electron chi connectivity index (χ4n) is 1.67. The number of hydrogen-bond acceptors (Lipinski definition) is 3. The number of aryl methyl sites for hydroxylation is 1. The molecule has 1 aromatic heterocycles. The first kappa shape index (κ1) is 14.1. The number of nitrogens with one attached hydrogen (secondary N) is 2. The minimum atomic E-state index is 0.488. The van der Waals surface area contributed by atoms with Crippen LogP contribution in [0.4, 0.5) is 0 Å². The standard InChI is InChI=1S/C14H25N3/c1-11(2)8-15-9-13(4)17-10-14-5-6-16-12(3)7-14/h5-7,11,13,15,17H,8-10H2,1-4H3. The molecule has 1 rings (SSSR count). The lowest BCUT2D eigenvalue weighted by Crippen LogP contribution is -2.37. The highest BCUT2D eigenvalue weighted by molar-refractivity contribution is 5.15. The van der Waals surface area contributed by atoms with Crippen molar-refractivity contribution >= 4 is 0 Å². The zero-order chi connectivity index (χ0) is 12.7. The quantitative estimate of drug-likeness (QED) is 0.760. The molecule has 0 saturated carbocycles.